The number of aliphatic carboxylic acids is 2. The summed E-state index contributed by atoms with van der Waals surface area (Å²) in [7, 11) is 0. The van der Waals surface area contributed by atoms with Gasteiger partial charge in [0.25, 0.3) is 0 Å². The van der Waals surface area contributed by atoms with Crippen molar-refractivity contribution in [3.05, 3.63) is 148 Å². The maximum atomic E-state index is 15.6. The summed E-state index contributed by atoms with van der Waals surface area (Å²) < 4.78 is 66.6. The summed E-state index contributed by atoms with van der Waals surface area (Å²) in [5.74, 6) is -15.5. The van der Waals surface area contributed by atoms with Crippen LogP contribution in [0.25, 0.3) is 11.1 Å². The molecule has 0 radical (unpaired) electrons. The van der Waals surface area contributed by atoms with Crippen molar-refractivity contribution in [3.8, 4) is 16.9 Å². The Morgan fingerprint density at radius 1 is 0.570 bits per heavy atom. The molecule has 3 heterocycles. The number of benzene rings is 4. The molecule has 0 saturated heterocycles. The van der Waals surface area contributed by atoms with E-state index in [0.717, 1.165) is 60.2 Å². The van der Waals surface area contributed by atoms with E-state index in [1.807, 2.05) is 57.2 Å². The maximum absolute atomic E-state index is 15.6. The molecule has 4 aromatic carbocycles. The number of carboxylic acid groups (broad SMARTS) is 2. The summed E-state index contributed by atoms with van der Waals surface area (Å²) in [5.41, 5.74) is 7.38. The van der Waals surface area contributed by atoms with E-state index < -0.39 is 192 Å². The van der Waals surface area contributed by atoms with E-state index >= 15 is 4.39 Å². The molecule has 50 heteroatoms. The second-order valence-electron chi connectivity index (χ2n) is 36.2. The summed E-state index contributed by atoms with van der Waals surface area (Å²) in [4.78, 5) is 196. The van der Waals surface area contributed by atoms with Gasteiger partial charge in [0, 0.05) is 57.1 Å². The molecular weight excluding hydrogens is 1950 g/mol. The van der Waals surface area contributed by atoms with Crippen molar-refractivity contribution in [2.75, 3.05) is 139 Å². The number of imidazole rings is 1. The average Bonchev–Trinajstić information content (AvgIpc) is 0.942. The summed E-state index contributed by atoms with van der Waals surface area (Å²) in [6, 6.07) is 9.93. The van der Waals surface area contributed by atoms with Crippen LogP contribution < -0.4 is 69.0 Å². The van der Waals surface area contributed by atoms with Gasteiger partial charge in [0.05, 0.1) is 157 Å². The van der Waals surface area contributed by atoms with Gasteiger partial charge in [0.1, 0.15) is 82.7 Å². The zero-order valence-electron chi connectivity index (χ0n) is 85.1. The lowest BCUT2D eigenvalue weighted by atomic mass is 9.90. The molecule has 3 unspecified atom stereocenters. The number of nitrogens with one attached hydrogen (secondary N) is 13. The minimum atomic E-state index is -2.43. The Morgan fingerprint density at radius 3 is 1.72 bits per heavy atom. The van der Waals surface area contributed by atoms with E-state index in [9.17, 15) is 92.7 Å². The van der Waals surface area contributed by atoms with Gasteiger partial charge < -0.3 is 142 Å². The van der Waals surface area contributed by atoms with Crippen molar-refractivity contribution >= 4 is 89.4 Å². The third kappa shape index (κ3) is 44.0. The smallest absolute Gasteiger partial charge is 0.320 e. The van der Waals surface area contributed by atoms with E-state index in [-0.39, 0.29) is 50.2 Å². The molecule has 1 aliphatic heterocycles. The number of carbonyl (C=O) groups excluding carboxylic acids is 12. The van der Waals surface area contributed by atoms with Gasteiger partial charge in [-0.25, -0.2) is 9.37 Å². The number of aromatic nitrogens is 6. The van der Waals surface area contributed by atoms with E-state index in [2.05, 4.69) is 105 Å². The molecule has 7 rings (SSSR count). The van der Waals surface area contributed by atoms with Crippen LogP contribution in [0.15, 0.2) is 113 Å². The van der Waals surface area contributed by atoms with E-state index in [0.29, 0.717) is 180 Å². The Morgan fingerprint density at radius 2 is 1.16 bits per heavy atom. The minimum Gasteiger partial charge on any atom is -0.494 e. The molecule has 818 valence electrons. The normalized spacial score (nSPS) is 15.2. The number of nitrogens with zero attached hydrogens (tertiary/aromatic N) is 7. The maximum Gasteiger partial charge on any atom is 0.320 e. The largest absolute Gasteiger partial charge is 0.494 e. The van der Waals surface area contributed by atoms with Crippen LogP contribution in [0.3, 0.4) is 0 Å². The average molecular weight is 2090 g/mol. The first-order valence-corrected chi connectivity index (χ1v) is 49.2. The van der Waals surface area contributed by atoms with Gasteiger partial charge in [-0.3, -0.25) is 62.3 Å². The monoisotopic (exact) mass is 2090 g/mol. The van der Waals surface area contributed by atoms with Gasteiger partial charge in [0.2, 0.25) is 65.0 Å². The first-order valence-electron chi connectivity index (χ1n) is 49.2. The number of primary amides is 1. The van der Waals surface area contributed by atoms with Crippen LogP contribution in [0.2, 0.25) is 0 Å². The van der Waals surface area contributed by atoms with Crippen LogP contribution in [-0.4, -0.2) is 356 Å². The highest BCUT2D eigenvalue weighted by atomic mass is 19.1. The molecule has 0 spiro atoms. The molecule has 149 heavy (non-hydrogen) atoms. The second kappa shape index (κ2) is 65.3. The van der Waals surface area contributed by atoms with Gasteiger partial charge in [-0.2, -0.15) is 10.3 Å². The van der Waals surface area contributed by atoms with Crippen molar-refractivity contribution < 1.29 is 140 Å². The number of rotatable bonds is 77. The number of tetrazole rings is 1. The summed E-state index contributed by atoms with van der Waals surface area (Å²) in [5, 5.41) is 105. The SMILES string of the molecule is CCc1cc(OCCCCC2(COCCOCCOCCOCCOCCOCCOCCOCCNC(CCC=O)C(=O)O)C=NN=N2)ccc1-c1ccc(C[C@H](NC(=O)[C@H](CC(=O)O)NC(=O)[C@H](CO)NC(=O)[C@@H](NC(=O)C(C)(Cc2ccccc2F)NC(=O)[C@@H](NC(=O)CNC(=O)[C@H](Cc2nn[nH]n2)NC(=O)C(C)(C)C(=O)NCCc2cnc[nH]2)[C@@H](C)O)[C@@H](C)O)C(=O)N[C@@H](CCCc2cc(C)cc(C)c2)C(N)=O)cc1. The number of H-pyrrole nitrogens is 2. The van der Waals surface area contributed by atoms with Gasteiger partial charge in [-0.1, -0.05) is 90.0 Å². The molecule has 0 fully saturated rings. The Labute approximate surface area is 861 Å². The molecule has 6 aromatic rings. The molecule has 11 amide bonds. The first kappa shape index (κ1) is 122. The van der Waals surface area contributed by atoms with Crippen molar-refractivity contribution in [1.82, 2.24) is 89.1 Å². The number of halogens is 1. The Balaban J connectivity index is 0.907. The summed E-state index contributed by atoms with van der Waals surface area (Å²) in [6.45, 7) is 15.9. The highest BCUT2D eigenvalue weighted by Crippen LogP contribution is 2.31. The molecule has 2 aromatic heterocycles. The molecule has 12 atom stereocenters. The number of aromatic amines is 2. The van der Waals surface area contributed by atoms with Crippen LogP contribution in [0.5, 0.6) is 5.75 Å². The van der Waals surface area contributed by atoms with E-state index in [1.165, 1.54) is 38.4 Å². The molecule has 20 N–H and O–H groups in total. The number of nitrogens with two attached hydrogens (primary N) is 1. The van der Waals surface area contributed by atoms with Crippen LogP contribution in [-0.2, 0) is 144 Å². The Bertz CT molecular complexity index is 5260. The molecular formula is C99H142FN21O28. The number of aldehydes is 1. The number of aliphatic hydroxyl groups is 3. The zero-order valence-corrected chi connectivity index (χ0v) is 85.1. The number of aryl methyl sites for hydroxylation is 4. The van der Waals surface area contributed by atoms with Crippen LogP contribution in [0.4, 0.5) is 4.39 Å². The number of hydrogen-bond donors (Lipinski definition) is 19. The van der Waals surface area contributed by atoms with Crippen molar-refractivity contribution in [3.63, 3.8) is 0 Å². The number of unbranched alkanes of at least 4 members (excludes halogenated alkanes) is 1. The molecule has 1 aliphatic rings. The number of hydrogen-bond acceptors (Lipinski definition) is 34. The van der Waals surface area contributed by atoms with Gasteiger partial charge in [0.15, 0.2) is 5.82 Å². The third-order valence-electron chi connectivity index (χ3n) is 23.6. The molecule has 0 aliphatic carbocycles. The van der Waals surface area contributed by atoms with Crippen LogP contribution in [0, 0.1) is 25.1 Å². The highest BCUT2D eigenvalue weighted by molar-refractivity contribution is 6.06. The highest BCUT2D eigenvalue weighted by Gasteiger charge is 2.44. The van der Waals surface area contributed by atoms with Crippen molar-refractivity contribution in [2.24, 2.45) is 26.6 Å². The van der Waals surface area contributed by atoms with Gasteiger partial charge >= 0.3 is 11.9 Å². The number of ether oxygens (including phenoxy) is 9. The number of carbonyl (C=O) groups is 14. The van der Waals surface area contributed by atoms with E-state index in [1.54, 1.807) is 36.7 Å². The molecule has 49 nitrogen and oxygen atoms in total. The quantitative estimate of drug-likeness (QED) is 0.0128. The lowest BCUT2D eigenvalue weighted by molar-refractivity contribution is -0.143. The Hall–Kier alpha value is -13.5. The third-order valence-corrected chi connectivity index (χ3v) is 23.6. The minimum absolute atomic E-state index is 0.0487. The zero-order chi connectivity index (χ0) is 109. The fourth-order valence-corrected chi connectivity index (χ4v) is 15.3. The van der Waals surface area contributed by atoms with Crippen molar-refractivity contribution in [1.29, 1.82) is 0 Å². The van der Waals surface area contributed by atoms with Gasteiger partial charge in [-0.15, -0.1) is 15.3 Å². The predicted molar refractivity (Wildman–Crippen MR) is 533 cm³/mol. The molecule has 0 bridgehead atoms. The molecule has 0 saturated carbocycles. The lowest BCUT2D eigenvalue weighted by Crippen LogP contribution is -2.67. The Kier molecular flexibility index (Phi) is 53.7. The van der Waals surface area contributed by atoms with Crippen LogP contribution >= 0.6 is 0 Å². The predicted octanol–water partition coefficient (Wildman–Crippen LogP) is -0.663. The van der Waals surface area contributed by atoms with Gasteiger partial charge in [-0.05, 0) is 157 Å². The summed E-state index contributed by atoms with van der Waals surface area (Å²) >= 11 is 0. The first-order chi connectivity index (χ1) is 71.4. The fraction of sp³-hybridized carbons (Fsp3) is 0.566. The lowest BCUT2D eigenvalue weighted by Gasteiger charge is -2.34. The fourth-order valence-electron chi connectivity index (χ4n) is 15.3. The standard InChI is InChI=1S/C99H142FN21O28/c1-9-68-52-72(149-32-13-12-28-99(59-107-119-118-99)60-148-47-46-147-45-44-146-43-42-145-41-40-144-39-38-143-37-36-142-35-34-141-33-30-103-76(93(136)137)20-15-31-122)25-26-73(68)69-23-21-66(22-24-69)51-77(88(131)108-75(86(101)129)19-14-16-67-49-62(2)48-63(3)50-67)109-89(132)79(54-83(127)128)110-90(133)80(58-123)111-91(134)84(64(4)124)114-96(140)98(8,55-70-17-10-11-18-74(70)100)115-92(135)85(65(5)125)113-82(126)57-105-87(130)78(53-81-116-120-121-117-81)112-95(139)97(6,7)94(138)104-29-27-71-56-102-61-106-71/h10-11,17-18,21-26,31,48-50,52,56,59,61,64-65,75-80,84-85,103,123-125H,9,12-16,19-20,27-30,32-47,51,53-55,57-58,60H2,1-8H3,(H2,101,129)(H,102,106)(H,104,138)(H,105,130)(H,108,131)(H,109,132)(H,110,133)(H,111,134)(H,112,139)(H,113,126)(H,114,140)(H,115,135)(H,127,128)(H,136,137)(H,116,117,120,121)/t64-,65-,75+,76?,77+,78+,79+,80+,84+,85+,98?,99?/m1/s1. The second-order valence-corrected chi connectivity index (χ2v) is 36.2. The van der Waals surface area contributed by atoms with Crippen molar-refractivity contribution in [2.45, 2.75) is 217 Å². The van der Waals surface area contributed by atoms with E-state index in [4.69, 9.17) is 48.4 Å². The number of amides is 11. The summed E-state index contributed by atoms with van der Waals surface area (Å²) in [6.07, 6.45) is 3.16. The van der Waals surface area contributed by atoms with Crippen LogP contribution in [0.1, 0.15) is 138 Å². The number of carboxylic acids is 2. The topological polar surface area (TPSA) is 702 Å². The number of aliphatic hydroxyl groups excluding tert-OH is 3.